The van der Waals surface area contributed by atoms with E-state index in [1.165, 1.54) is 18.2 Å². The number of rotatable bonds is 4. The highest BCUT2D eigenvalue weighted by molar-refractivity contribution is 7.90. The van der Waals surface area contributed by atoms with Crippen LogP contribution in [0.5, 0.6) is 0 Å². The van der Waals surface area contributed by atoms with Gasteiger partial charge in [0.1, 0.15) is 10.4 Å². The number of hydrogen-bond donors (Lipinski definition) is 1. The molecule has 2 aliphatic heterocycles. The summed E-state index contributed by atoms with van der Waals surface area (Å²) in [6, 6.07) is 11.7. The maximum atomic E-state index is 12.9. The van der Waals surface area contributed by atoms with Crippen LogP contribution in [0.25, 0.3) is 0 Å². The van der Waals surface area contributed by atoms with Crippen LogP contribution in [-0.2, 0) is 20.4 Å². The van der Waals surface area contributed by atoms with E-state index in [9.17, 15) is 22.8 Å². The van der Waals surface area contributed by atoms with E-state index in [0.717, 1.165) is 4.90 Å². The Morgan fingerprint density at radius 2 is 1.66 bits per heavy atom. The van der Waals surface area contributed by atoms with Crippen molar-refractivity contribution in [3.05, 3.63) is 64.7 Å². The number of fused-ring (bicyclic) bond motifs is 1. The first-order chi connectivity index (χ1) is 13.7. The van der Waals surface area contributed by atoms with E-state index < -0.39 is 33.4 Å². The molecule has 150 valence electrons. The molecule has 2 aromatic rings. The fourth-order valence-corrected chi connectivity index (χ4v) is 5.21. The molecule has 1 saturated heterocycles. The van der Waals surface area contributed by atoms with Crippen LogP contribution in [0.4, 0.5) is 4.79 Å². The molecule has 0 spiro atoms. The Balaban J connectivity index is 1.55. The molecule has 1 unspecified atom stereocenters. The molecule has 2 aliphatic rings. The molecular weight excluding hydrogens is 418 g/mol. The smallest absolute Gasteiger partial charge is 0.319 e. The number of carbonyl (C=O) groups is 3. The second-order valence-electron chi connectivity index (χ2n) is 6.90. The van der Waals surface area contributed by atoms with Gasteiger partial charge >= 0.3 is 6.03 Å². The van der Waals surface area contributed by atoms with Gasteiger partial charge in [-0.3, -0.25) is 14.5 Å². The summed E-state index contributed by atoms with van der Waals surface area (Å²) in [6.07, 6.45) is 0. The fourth-order valence-electron chi connectivity index (χ4n) is 3.52. The van der Waals surface area contributed by atoms with Gasteiger partial charge in [-0.05, 0) is 36.8 Å². The minimum absolute atomic E-state index is 0.0757. The van der Waals surface area contributed by atoms with Crippen molar-refractivity contribution in [3.63, 3.8) is 0 Å². The third-order valence-electron chi connectivity index (χ3n) is 5.14. The number of sulfonamides is 1. The second kappa shape index (κ2) is 6.57. The summed E-state index contributed by atoms with van der Waals surface area (Å²) >= 11 is 5.88. The Morgan fingerprint density at radius 1 is 1.00 bits per heavy atom. The van der Waals surface area contributed by atoms with Crippen LogP contribution < -0.4 is 5.32 Å². The van der Waals surface area contributed by atoms with Crippen molar-refractivity contribution >= 4 is 39.5 Å². The van der Waals surface area contributed by atoms with E-state index >= 15 is 0 Å². The number of imide groups is 1. The van der Waals surface area contributed by atoms with Crippen molar-refractivity contribution in [2.45, 2.75) is 17.4 Å². The maximum absolute atomic E-state index is 12.9. The molecule has 29 heavy (non-hydrogen) atoms. The van der Waals surface area contributed by atoms with Crippen LogP contribution in [0, 0.1) is 0 Å². The Hall–Kier alpha value is -2.91. The average Bonchev–Trinajstić information content (AvgIpc) is 3.02. The lowest BCUT2D eigenvalue weighted by Crippen LogP contribution is -2.43. The van der Waals surface area contributed by atoms with E-state index in [0.29, 0.717) is 14.9 Å². The molecule has 1 fully saturated rings. The Morgan fingerprint density at radius 3 is 2.31 bits per heavy atom. The van der Waals surface area contributed by atoms with Gasteiger partial charge in [-0.2, -0.15) is 0 Å². The van der Waals surface area contributed by atoms with Gasteiger partial charge < -0.3 is 5.32 Å². The van der Waals surface area contributed by atoms with Gasteiger partial charge in [0.05, 0.1) is 12.1 Å². The number of urea groups is 1. The largest absolute Gasteiger partial charge is 0.325 e. The lowest BCUT2D eigenvalue weighted by molar-refractivity contribution is -0.131. The van der Waals surface area contributed by atoms with Gasteiger partial charge in [0.15, 0.2) is 0 Å². The van der Waals surface area contributed by atoms with Crippen LogP contribution in [0.3, 0.4) is 0 Å². The van der Waals surface area contributed by atoms with Crippen molar-refractivity contribution in [1.82, 2.24) is 14.5 Å². The van der Waals surface area contributed by atoms with Crippen LogP contribution in [-0.4, -0.2) is 48.6 Å². The molecule has 2 heterocycles. The molecule has 10 heteroatoms. The summed E-state index contributed by atoms with van der Waals surface area (Å²) in [5, 5.41) is 3.12. The number of amides is 4. The lowest BCUT2D eigenvalue weighted by Gasteiger charge is -2.23. The highest BCUT2D eigenvalue weighted by Crippen LogP contribution is 2.32. The lowest BCUT2D eigenvalue weighted by atomic mass is 9.92. The number of nitrogens with zero attached hydrogens (tertiary/aromatic N) is 2. The van der Waals surface area contributed by atoms with Crippen molar-refractivity contribution < 1.29 is 22.8 Å². The number of nitrogens with one attached hydrogen (secondary N) is 1. The monoisotopic (exact) mass is 433 g/mol. The van der Waals surface area contributed by atoms with Crippen molar-refractivity contribution in [2.24, 2.45) is 0 Å². The first-order valence-electron chi connectivity index (χ1n) is 8.72. The Kier molecular flexibility index (Phi) is 4.39. The number of hydrogen-bond acceptors (Lipinski definition) is 5. The molecule has 4 amide bonds. The van der Waals surface area contributed by atoms with Gasteiger partial charge in [-0.1, -0.05) is 35.9 Å². The first-order valence-corrected chi connectivity index (χ1v) is 10.5. The molecule has 0 aromatic heterocycles. The van der Waals surface area contributed by atoms with Crippen molar-refractivity contribution in [2.75, 3.05) is 13.1 Å². The minimum Gasteiger partial charge on any atom is -0.319 e. The standard InChI is InChI=1S/C19H16ClN3O5S/c1-19(12-6-8-13(20)9-7-12)17(25)22(18(26)21-19)10-11-23-16(24)14-4-2-3-5-15(14)29(23,27)28/h2-9H,10-11H2,1H3,(H,21,26). The van der Waals surface area contributed by atoms with Gasteiger partial charge in [0, 0.05) is 11.6 Å². The highest BCUT2D eigenvalue weighted by Gasteiger charge is 2.49. The minimum atomic E-state index is -4.01. The Bertz CT molecular complexity index is 1150. The number of carbonyl (C=O) groups excluding carboxylic acids is 3. The molecule has 8 nitrogen and oxygen atoms in total. The zero-order valence-electron chi connectivity index (χ0n) is 15.3. The third kappa shape index (κ3) is 2.89. The van der Waals surface area contributed by atoms with E-state index in [1.807, 2.05) is 0 Å². The van der Waals surface area contributed by atoms with E-state index in [4.69, 9.17) is 11.6 Å². The van der Waals surface area contributed by atoms with Crippen molar-refractivity contribution in [1.29, 1.82) is 0 Å². The molecule has 1 atom stereocenters. The third-order valence-corrected chi connectivity index (χ3v) is 7.23. The molecule has 0 saturated carbocycles. The van der Waals surface area contributed by atoms with E-state index in [2.05, 4.69) is 5.32 Å². The molecule has 0 radical (unpaired) electrons. The quantitative estimate of drug-likeness (QED) is 0.742. The maximum Gasteiger partial charge on any atom is 0.325 e. The summed E-state index contributed by atoms with van der Waals surface area (Å²) in [4.78, 5) is 38.7. The zero-order valence-corrected chi connectivity index (χ0v) is 16.8. The molecule has 4 rings (SSSR count). The predicted molar refractivity (Wildman–Crippen MR) is 104 cm³/mol. The van der Waals surface area contributed by atoms with Crippen LogP contribution >= 0.6 is 11.6 Å². The summed E-state index contributed by atoms with van der Waals surface area (Å²) in [5.74, 6) is -1.21. The first kappa shape index (κ1) is 19.4. The SMILES string of the molecule is CC1(c2ccc(Cl)cc2)NC(=O)N(CCN2C(=O)c3ccccc3S2(=O)=O)C1=O. The fraction of sp³-hybridized carbons (Fsp3) is 0.211. The van der Waals surface area contributed by atoms with Gasteiger partial charge in [-0.25, -0.2) is 17.5 Å². The molecule has 1 N–H and O–H groups in total. The number of benzene rings is 2. The van der Waals surface area contributed by atoms with E-state index in [-0.39, 0.29) is 23.5 Å². The van der Waals surface area contributed by atoms with Gasteiger partial charge in [0.25, 0.3) is 21.8 Å². The Labute approximate surface area is 172 Å². The topological polar surface area (TPSA) is 104 Å². The second-order valence-corrected chi connectivity index (χ2v) is 9.16. The van der Waals surface area contributed by atoms with Crippen LogP contribution in [0.15, 0.2) is 53.4 Å². The van der Waals surface area contributed by atoms with E-state index in [1.54, 1.807) is 37.3 Å². The predicted octanol–water partition coefficient (Wildman–Crippen LogP) is 1.95. The summed E-state index contributed by atoms with van der Waals surface area (Å²) in [7, 11) is -4.01. The summed E-state index contributed by atoms with van der Waals surface area (Å²) in [5.41, 5.74) is -0.686. The van der Waals surface area contributed by atoms with Gasteiger partial charge in [0.2, 0.25) is 0 Å². The molecule has 0 aliphatic carbocycles. The highest BCUT2D eigenvalue weighted by atomic mass is 35.5. The normalized spacial score (nSPS) is 22.8. The average molecular weight is 434 g/mol. The summed E-state index contributed by atoms with van der Waals surface area (Å²) in [6.45, 7) is 0.975. The molecule has 2 aromatic carbocycles. The van der Waals surface area contributed by atoms with Crippen LogP contribution in [0.2, 0.25) is 5.02 Å². The molecule has 0 bridgehead atoms. The van der Waals surface area contributed by atoms with Crippen LogP contribution in [0.1, 0.15) is 22.8 Å². The van der Waals surface area contributed by atoms with Crippen molar-refractivity contribution in [3.8, 4) is 0 Å². The van der Waals surface area contributed by atoms with Gasteiger partial charge in [-0.15, -0.1) is 0 Å². The summed E-state index contributed by atoms with van der Waals surface area (Å²) < 4.78 is 26.0. The number of halogens is 1. The zero-order chi connectivity index (χ0) is 21.0. The molecular formula is C19H16ClN3O5S.